The van der Waals surface area contributed by atoms with Gasteiger partial charge in [-0.15, -0.1) is 22.3 Å². The second kappa shape index (κ2) is 8.72. The second-order valence-electron chi connectivity index (χ2n) is 4.39. The predicted octanol–water partition coefficient (Wildman–Crippen LogP) is 2.17. The van der Waals surface area contributed by atoms with E-state index in [0.717, 1.165) is 22.7 Å². The fourth-order valence-electron chi connectivity index (χ4n) is 1.61. The van der Waals surface area contributed by atoms with Gasteiger partial charge in [-0.1, -0.05) is 35.1 Å². The third kappa shape index (κ3) is 4.98. The number of allylic oxidation sites excluding steroid dienone is 1. The van der Waals surface area contributed by atoms with Crippen molar-refractivity contribution in [3.63, 3.8) is 0 Å². The first-order valence-corrected chi connectivity index (χ1v) is 10.7. The van der Waals surface area contributed by atoms with Crippen LogP contribution in [0.2, 0.25) is 5.15 Å². The molecule has 0 unspecified atom stereocenters. The maximum absolute atomic E-state index is 12.4. The molecule has 0 saturated heterocycles. The number of thiophene rings is 1. The van der Waals surface area contributed by atoms with Crippen LogP contribution in [0.1, 0.15) is 4.88 Å². The Morgan fingerprint density at radius 2 is 2.32 bits per heavy atom. The van der Waals surface area contributed by atoms with Crippen LogP contribution in [-0.2, 0) is 16.6 Å². The summed E-state index contributed by atoms with van der Waals surface area (Å²) in [5.41, 5.74) is 2.60. The van der Waals surface area contributed by atoms with Crippen LogP contribution >= 0.6 is 46.5 Å². The number of sulfonamides is 1. The Bertz CT molecular complexity index is 957. The summed E-state index contributed by atoms with van der Waals surface area (Å²) >= 11 is 13.4. The molecule has 25 heavy (non-hydrogen) atoms. The standard InChI is InChI=1S/C13H14ClN5O2S4/c1-3-6-19-11(14)9(8-16-17-12(22)15-2)24-13(19)18-25(20,21)10-5-4-7-23-10/h3-5,7-8H,1,6H2,2H3,(H2,15,17,22)/b16-8+,18-13-. The van der Waals surface area contributed by atoms with Crippen molar-refractivity contribution >= 4 is 67.8 Å². The van der Waals surface area contributed by atoms with Crippen molar-refractivity contribution in [2.24, 2.45) is 9.50 Å². The van der Waals surface area contributed by atoms with E-state index < -0.39 is 10.0 Å². The summed E-state index contributed by atoms with van der Waals surface area (Å²) in [5, 5.41) is 8.99. The van der Waals surface area contributed by atoms with Crippen molar-refractivity contribution in [2.75, 3.05) is 7.05 Å². The van der Waals surface area contributed by atoms with Crippen LogP contribution in [0.5, 0.6) is 0 Å². The molecule has 0 saturated carbocycles. The quantitative estimate of drug-likeness (QED) is 0.314. The Kier molecular flexibility index (Phi) is 6.90. The SMILES string of the molecule is C=CCn1c(Cl)c(/C=N/NC(=S)NC)s/c1=N\S(=O)(=O)c1cccs1. The number of rotatable bonds is 6. The molecule has 0 aliphatic heterocycles. The molecule has 7 nitrogen and oxygen atoms in total. The molecule has 2 aromatic rings. The first-order chi connectivity index (χ1) is 11.9. The fourth-order valence-corrected chi connectivity index (χ4v) is 5.10. The fraction of sp³-hybridized carbons (Fsp3) is 0.154. The van der Waals surface area contributed by atoms with Crippen molar-refractivity contribution in [1.29, 1.82) is 0 Å². The van der Waals surface area contributed by atoms with Gasteiger partial charge in [0.2, 0.25) is 4.80 Å². The number of nitrogens with zero attached hydrogens (tertiary/aromatic N) is 3. The Hall–Kier alpha value is -1.53. The van der Waals surface area contributed by atoms with Gasteiger partial charge in [-0.2, -0.15) is 13.5 Å². The largest absolute Gasteiger partial charge is 0.364 e. The van der Waals surface area contributed by atoms with Crippen LogP contribution in [-0.4, -0.2) is 31.4 Å². The lowest BCUT2D eigenvalue weighted by atomic mass is 10.5. The lowest BCUT2D eigenvalue weighted by Crippen LogP contribution is -2.28. The van der Waals surface area contributed by atoms with Gasteiger partial charge in [-0.05, 0) is 23.7 Å². The molecule has 0 spiro atoms. The van der Waals surface area contributed by atoms with E-state index in [1.54, 1.807) is 29.1 Å². The highest BCUT2D eigenvalue weighted by Crippen LogP contribution is 2.20. The molecule has 2 N–H and O–H groups in total. The Morgan fingerprint density at radius 1 is 1.56 bits per heavy atom. The van der Waals surface area contributed by atoms with Crippen molar-refractivity contribution in [3.05, 3.63) is 45.0 Å². The molecule has 2 rings (SSSR count). The number of thiazole rings is 1. The highest BCUT2D eigenvalue weighted by molar-refractivity contribution is 7.92. The molecule has 0 aliphatic carbocycles. The number of halogens is 1. The Morgan fingerprint density at radius 3 is 2.92 bits per heavy atom. The van der Waals surface area contributed by atoms with Gasteiger partial charge in [0.25, 0.3) is 10.0 Å². The van der Waals surface area contributed by atoms with E-state index in [4.69, 9.17) is 23.8 Å². The number of hydrogen-bond acceptors (Lipinski definition) is 6. The second-order valence-corrected chi connectivity index (χ2v) is 8.94. The van der Waals surface area contributed by atoms with Crippen LogP contribution in [0.25, 0.3) is 0 Å². The van der Waals surface area contributed by atoms with E-state index in [-0.39, 0.29) is 9.01 Å². The minimum absolute atomic E-state index is 0.165. The van der Waals surface area contributed by atoms with Gasteiger partial charge in [0.05, 0.1) is 11.1 Å². The van der Waals surface area contributed by atoms with E-state index in [1.807, 2.05) is 0 Å². The lowest BCUT2D eigenvalue weighted by molar-refractivity contribution is 0.597. The molecule has 0 aromatic carbocycles. The normalized spacial score (nSPS) is 12.5. The summed E-state index contributed by atoms with van der Waals surface area (Å²) in [5.74, 6) is 0. The first kappa shape index (κ1) is 19.8. The van der Waals surface area contributed by atoms with Crippen LogP contribution in [0.3, 0.4) is 0 Å². The molecular formula is C13H14ClN5O2S4. The summed E-state index contributed by atoms with van der Waals surface area (Å²) in [7, 11) is -2.14. The van der Waals surface area contributed by atoms with Crippen LogP contribution < -0.4 is 15.5 Å². The summed E-state index contributed by atoms with van der Waals surface area (Å²) in [4.78, 5) is 0.769. The molecule has 0 bridgehead atoms. The van der Waals surface area contributed by atoms with Crippen LogP contribution in [0.15, 0.2) is 43.9 Å². The molecule has 0 aliphatic rings. The summed E-state index contributed by atoms with van der Waals surface area (Å²) < 4.78 is 30.4. The van der Waals surface area contributed by atoms with Gasteiger partial charge in [-0.25, -0.2) is 0 Å². The van der Waals surface area contributed by atoms with E-state index in [2.05, 4.69) is 26.8 Å². The van der Waals surface area contributed by atoms with Crippen molar-refractivity contribution in [1.82, 2.24) is 15.3 Å². The zero-order valence-electron chi connectivity index (χ0n) is 13.0. The number of hydrazone groups is 1. The molecule has 0 radical (unpaired) electrons. The summed E-state index contributed by atoms with van der Waals surface area (Å²) in [6.07, 6.45) is 3.05. The van der Waals surface area contributed by atoms with Crippen molar-refractivity contribution < 1.29 is 8.42 Å². The predicted molar refractivity (Wildman–Crippen MR) is 107 cm³/mol. The molecule has 2 heterocycles. The smallest absolute Gasteiger partial charge is 0.294 e. The summed E-state index contributed by atoms with van der Waals surface area (Å²) in [6.45, 7) is 3.96. The van der Waals surface area contributed by atoms with Gasteiger partial charge in [0, 0.05) is 13.6 Å². The molecule has 134 valence electrons. The molecule has 0 atom stereocenters. The molecule has 0 amide bonds. The topological polar surface area (TPSA) is 87.8 Å². The maximum Gasteiger partial charge on any atom is 0.294 e. The Balaban J connectivity index is 2.47. The minimum atomic E-state index is -3.80. The van der Waals surface area contributed by atoms with E-state index in [1.165, 1.54) is 12.3 Å². The van der Waals surface area contributed by atoms with Crippen LogP contribution in [0.4, 0.5) is 0 Å². The third-order valence-electron chi connectivity index (χ3n) is 2.71. The first-order valence-electron chi connectivity index (χ1n) is 6.74. The molecule has 0 fully saturated rings. The van der Waals surface area contributed by atoms with Gasteiger partial charge in [0.1, 0.15) is 9.36 Å². The number of thiocarbonyl (C=S) groups is 1. The van der Waals surface area contributed by atoms with Crippen molar-refractivity contribution in [2.45, 2.75) is 10.8 Å². The Labute approximate surface area is 163 Å². The van der Waals surface area contributed by atoms with E-state index in [0.29, 0.717) is 21.7 Å². The average molecular weight is 436 g/mol. The molecular weight excluding hydrogens is 422 g/mol. The lowest BCUT2D eigenvalue weighted by Gasteiger charge is -2.00. The molecule has 12 heteroatoms. The summed E-state index contributed by atoms with van der Waals surface area (Å²) in [6, 6.07) is 3.15. The monoisotopic (exact) mass is 435 g/mol. The number of hydrogen-bond donors (Lipinski definition) is 2. The average Bonchev–Trinajstić information content (AvgIpc) is 3.20. The van der Waals surface area contributed by atoms with Crippen molar-refractivity contribution in [3.8, 4) is 0 Å². The minimum Gasteiger partial charge on any atom is -0.364 e. The van der Waals surface area contributed by atoms with Crippen LogP contribution in [0, 0.1) is 0 Å². The third-order valence-corrected chi connectivity index (χ3v) is 7.29. The highest BCUT2D eigenvalue weighted by Gasteiger charge is 2.16. The highest BCUT2D eigenvalue weighted by atomic mass is 35.5. The van der Waals surface area contributed by atoms with E-state index in [9.17, 15) is 8.42 Å². The van der Waals surface area contributed by atoms with Gasteiger partial charge < -0.3 is 9.88 Å². The number of aromatic nitrogens is 1. The number of nitrogens with one attached hydrogen (secondary N) is 2. The van der Waals surface area contributed by atoms with E-state index >= 15 is 0 Å². The maximum atomic E-state index is 12.4. The molecule has 2 aromatic heterocycles. The van der Waals surface area contributed by atoms with Gasteiger partial charge in [0.15, 0.2) is 5.11 Å². The zero-order valence-corrected chi connectivity index (χ0v) is 17.0. The zero-order chi connectivity index (χ0) is 18.4. The van der Waals surface area contributed by atoms with Gasteiger partial charge in [-0.3, -0.25) is 5.43 Å². The van der Waals surface area contributed by atoms with Gasteiger partial charge >= 0.3 is 0 Å².